The average Bonchev–Trinajstić information content (AvgIpc) is 3.34. The number of methoxy groups -OCH3 is 1. The number of carbonyl (C=O) groups is 2. The van der Waals surface area contributed by atoms with Crippen molar-refractivity contribution in [2.45, 2.75) is 32.0 Å². The summed E-state index contributed by atoms with van der Waals surface area (Å²) in [6, 6.07) is 10.2. The van der Waals surface area contributed by atoms with Gasteiger partial charge in [0.1, 0.15) is 6.04 Å². The molecule has 4 atom stereocenters. The predicted molar refractivity (Wildman–Crippen MR) is 124 cm³/mol. The summed E-state index contributed by atoms with van der Waals surface area (Å²) in [7, 11) is 4.76. The molecule has 1 amide bonds. The molecule has 0 radical (unpaired) electrons. The van der Waals surface area contributed by atoms with Crippen LogP contribution in [0, 0.1) is 11.8 Å². The summed E-state index contributed by atoms with van der Waals surface area (Å²) < 4.78 is 6.82. The van der Waals surface area contributed by atoms with E-state index in [1.165, 1.54) is 12.0 Å². The second-order valence-corrected chi connectivity index (χ2v) is 9.03. The number of fused-ring (bicyclic) bond motifs is 3. The van der Waals surface area contributed by atoms with E-state index in [1.807, 2.05) is 19.1 Å². The van der Waals surface area contributed by atoms with E-state index in [9.17, 15) is 19.5 Å². The van der Waals surface area contributed by atoms with Crippen LogP contribution in [0.2, 0.25) is 0 Å². The Labute approximate surface area is 193 Å². The number of aliphatic hydroxyl groups is 1. The molecule has 1 fully saturated rings. The van der Waals surface area contributed by atoms with Gasteiger partial charge in [-0.3, -0.25) is 19.3 Å². The van der Waals surface area contributed by atoms with Gasteiger partial charge >= 0.3 is 5.97 Å². The molecule has 8 nitrogen and oxygen atoms in total. The molecule has 1 aromatic heterocycles. The maximum Gasteiger partial charge on any atom is 0.323 e. The third kappa shape index (κ3) is 3.77. The first-order chi connectivity index (χ1) is 15.8. The Morgan fingerprint density at radius 3 is 2.61 bits per heavy atom. The van der Waals surface area contributed by atoms with Crippen LogP contribution in [0.5, 0.6) is 0 Å². The second kappa shape index (κ2) is 9.11. The third-order valence-corrected chi connectivity index (χ3v) is 6.94. The zero-order valence-electron chi connectivity index (χ0n) is 19.5. The summed E-state index contributed by atoms with van der Waals surface area (Å²) in [6.07, 6.45) is 0.837. The third-order valence-electron chi connectivity index (χ3n) is 6.94. The lowest BCUT2D eigenvalue weighted by atomic mass is 9.88. The van der Waals surface area contributed by atoms with Gasteiger partial charge < -0.3 is 19.3 Å². The number of aromatic nitrogens is 1. The number of likely N-dealkylation sites (tertiary alicyclic amines) is 1. The van der Waals surface area contributed by atoms with Crippen LogP contribution in [-0.4, -0.2) is 71.7 Å². The van der Waals surface area contributed by atoms with Crippen LogP contribution in [-0.2, 0) is 16.1 Å². The highest BCUT2D eigenvalue weighted by molar-refractivity contribution is 5.95. The lowest BCUT2D eigenvalue weighted by molar-refractivity contribution is -0.148. The number of esters is 1. The highest BCUT2D eigenvalue weighted by Crippen LogP contribution is 2.49. The second-order valence-electron chi connectivity index (χ2n) is 9.03. The largest absolute Gasteiger partial charge is 0.468 e. The number of hydrogen-bond acceptors (Lipinski definition) is 6. The summed E-state index contributed by atoms with van der Waals surface area (Å²) in [6.45, 7) is 3.00. The van der Waals surface area contributed by atoms with E-state index in [0.29, 0.717) is 29.8 Å². The van der Waals surface area contributed by atoms with Crippen molar-refractivity contribution >= 4 is 11.9 Å². The van der Waals surface area contributed by atoms with Crippen LogP contribution in [0.25, 0.3) is 11.1 Å². The molecule has 1 N–H and O–H groups in total. The van der Waals surface area contributed by atoms with Crippen molar-refractivity contribution in [3.63, 3.8) is 0 Å². The van der Waals surface area contributed by atoms with Crippen molar-refractivity contribution in [3.8, 4) is 11.1 Å². The van der Waals surface area contributed by atoms with Crippen molar-refractivity contribution in [1.82, 2.24) is 14.4 Å². The maximum atomic E-state index is 13.5. The normalized spacial score (nSPS) is 23.8. The number of amides is 1. The zero-order chi connectivity index (χ0) is 23.9. The number of nitrogens with zero attached hydrogens (tertiary/aromatic N) is 3. The van der Waals surface area contributed by atoms with Gasteiger partial charge in [-0.15, -0.1) is 0 Å². The minimum atomic E-state index is -0.521. The Morgan fingerprint density at radius 2 is 1.97 bits per heavy atom. The van der Waals surface area contributed by atoms with Gasteiger partial charge in [-0.25, -0.2) is 0 Å². The molecule has 0 aliphatic carbocycles. The van der Waals surface area contributed by atoms with Crippen molar-refractivity contribution in [3.05, 3.63) is 58.0 Å². The van der Waals surface area contributed by atoms with E-state index in [1.54, 1.807) is 42.9 Å². The summed E-state index contributed by atoms with van der Waals surface area (Å²) in [4.78, 5) is 42.1. The Balaban J connectivity index is 1.76. The predicted octanol–water partition coefficient (Wildman–Crippen LogP) is 1.76. The smallest absolute Gasteiger partial charge is 0.323 e. The van der Waals surface area contributed by atoms with Crippen molar-refractivity contribution in [1.29, 1.82) is 0 Å². The Kier molecular flexibility index (Phi) is 6.41. The highest BCUT2D eigenvalue weighted by Gasteiger charge is 2.55. The van der Waals surface area contributed by atoms with E-state index in [-0.39, 0.29) is 41.9 Å². The van der Waals surface area contributed by atoms with Gasteiger partial charge in [0.2, 0.25) is 0 Å². The van der Waals surface area contributed by atoms with E-state index in [4.69, 9.17) is 4.74 Å². The van der Waals surface area contributed by atoms with Gasteiger partial charge in [-0.1, -0.05) is 19.1 Å². The van der Waals surface area contributed by atoms with Crippen LogP contribution in [0.4, 0.5) is 0 Å². The lowest BCUT2D eigenvalue weighted by Gasteiger charge is -2.29. The van der Waals surface area contributed by atoms with Gasteiger partial charge in [-0.2, -0.15) is 0 Å². The molecular weight excluding hydrogens is 422 g/mol. The summed E-state index contributed by atoms with van der Waals surface area (Å²) in [5, 5.41) is 10.2. The topological polar surface area (TPSA) is 92.1 Å². The van der Waals surface area contributed by atoms with E-state index in [2.05, 4.69) is 4.90 Å². The quantitative estimate of drug-likeness (QED) is 0.671. The monoisotopic (exact) mass is 453 g/mol. The average molecular weight is 454 g/mol. The maximum absolute atomic E-state index is 13.5. The standard InChI is InChI=1S/C25H31N3O5/c1-5-11-27-21-18(19(14-29)22(27)25(32)33-4)13-28-20(21)10-9-17(24(28)31)15-7-6-8-16(12-15)23(30)26(2)3/h6-10,12,18-19,21-22,29H,5,11,13-14H2,1-4H3/t18-,19-,21+,22-/m1/s1. The van der Waals surface area contributed by atoms with Crippen LogP contribution >= 0.6 is 0 Å². The summed E-state index contributed by atoms with van der Waals surface area (Å²) in [5.74, 6) is -0.833. The molecule has 1 saturated heterocycles. The Morgan fingerprint density at radius 1 is 1.21 bits per heavy atom. The summed E-state index contributed by atoms with van der Waals surface area (Å²) in [5.41, 5.74) is 2.47. The molecule has 0 bridgehead atoms. The SMILES string of the molecule is CCCN1[C@@H]2c3ccc(-c4cccc(C(=O)N(C)C)c4)c(=O)n3C[C@@H]2[C@@H](CO)[C@@H]1C(=O)OC. The van der Waals surface area contributed by atoms with Crippen molar-refractivity contribution in [2.75, 3.05) is 34.4 Å². The van der Waals surface area contributed by atoms with Crippen LogP contribution < -0.4 is 5.56 Å². The first kappa shape index (κ1) is 23.2. The van der Waals surface area contributed by atoms with Crippen LogP contribution in [0.3, 0.4) is 0 Å². The van der Waals surface area contributed by atoms with E-state index < -0.39 is 6.04 Å². The molecule has 4 rings (SSSR count). The van der Waals surface area contributed by atoms with Crippen LogP contribution in [0.1, 0.15) is 35.4 Å². The molecule has 0 unspecified atom stereocenters. The fourth-order valence-electron chi connectivity index (χ4n) is 5.51. The molecule has 2 aliphatic heterocycles. The van der Waals surface area contributed by atoms with Gasteiger partial charge in [0, 0.05) is 55.9 Å². The summed E-state index contributed by atoms with van der Waals surface area (Å²) >= 11 is 0. The first-order valence-electron chi connectivity index (χ1n) is 11.3. The van der Waals surface area contributed by atoms with Crippen molar-refractivity contribution < 1.29 is 19.4 Å². The van der Waals surface area contributed by atoms with Gasteiger partial charge in [0.25, 0.3) is 11.5 Å². The number of benzene rings is 1. The highest BCUT2D eigenvalue weighted by atomic mass is 16.5. The lowest BCUT2D eigenvalue weighted by Crippen LogP contribution is -2.43. The van der Waals surface area contributed by atoms with Gasteiger partial charge in [0.15, 0.2) is 0 Å². The molecule has 2 aliphatic rings. The molecule has 8 heteroatoms. The number of pyridine rings is 1. The van der Waals surface area contributed by atoms with E-state index in [0.717, 1.165) is 12.1 Å². The minimum absolute atomic E-state index is 0.0600. The molecule has 2 aromatic rings. The number of ether oxygens (including phenoxy) is 1. The number of rotatable bonds is 6. The zero-order valence-corrected chi connectivity index (χ0v) is 19.5. The molecule has 176 valence electrons. The van der Waals surface area contributed by atoms with Gasteiger partial charge in [-0.05, 0) is 42.8 Å². The molecule has 33 heavy (non-hydrogen) atoms. The number of aliphatic hydroxyl groups excluding tert-OH is 1. The number of hydrogen-bond donors (Lipinski definition) is 1. The molecular formula is C25H31N3O5. The fraction of sp³-hybridized carbons (Fsp3) is 0.480. The molecule has 0 saturated carbocycles. The van der Waals surface area contributed by atoms with Crippen LogP contribution in [0.15, 0.2) is 41.2 Å². The molecule has 0 spiro atoms. The molecule has 1 aromatic carbocycles. The number of carbonyl (C=O) groups excluding carboxylic acids is 2. The Hall–Kier alpha value is -2.97. The van der Waals surface area contributed by atoms with Crippen molar-refractivity contribution in [2.24, 2.45) is 11.8 Å². The molecule has 3 heterocycles. The minimum Gasteiger partial charge on any atom is -0.468 e. The Bertz CT molecular complexity index is 1130. The fourth-order valence-corrected chi connectivity index (χ4v) is 5.51. The van der Waals surface area contributed by atoms with Gasteiger partial charge in [0.05, 0.1) is 13.2 Å². The van der Waals surface area contributed by atoms with E-state index >= 15 is 0 Å². The first-order valence-corrected chi connectivity index (χ1v) is 11.3.